The van der Waals surface area contributed by atoms with Crippen molar-refractivity contribution in [2.75, 3.05) is 18.1 Å². The van der Waals surface area contributed by atoms with Gasteiger partial charge in [-0.2, -0.15) is 0 Å². The van der Waals surface area contributed by atoms with Gasteiger partial charge >= 0.3 is 5.97 Å². The molecule has 1 aliphatic rings. The summed E-state index contributed by atoms with van der Waals surface area (Å²) in [6, 6.07) is 2.59. The summed E-state index contributed by atoms with van der Waals surface area (Å²) in [5.41, 5.74) is 0.451. The Balaban J connectivity index is 2.27. The average Bonchev–Trinajstić information content (AvgIpc) is 2.84. The summed E-state index contributed by atoms with van der Waals surface area (Å²) >= 11 is 0. The highest BCUT2D eigenvalue weighted by Gasteiger charge is 2.36. The van der Waals surface area contributed by atoms with Crippen LogP contribution in [0, 0.1) is 0 Å². The van der Waals surface area contributed by atoms with Gasteiger partial charge in [-0.05, 0) is 19.1 Å². The van der Waals surface area contributed by atoms with Gasteiger partial charge in [-0.15, -0.1) is 0 Å². The molecule has 0 radical (unpaired) electrons. The van der Waals surface area contributed by atoms with Crippen LogP contribution in [0.3, 0.4) is 0 Å². The van der Waals surface area contributed by atoms with Crippen LogP contribution >= 0.6 is 0 Å². The van der Waals surface area contributed by atoms with Crippen molar-refractivity contribution in [3.05, 3.63) is 24.0 Å². The molecule has 116 valence electrons. The number of carbonyl (C=O) groups excluding carboxylic acids is 1. The van der Waals surface area contributed by atoms with Crippen LogP contribution in [-0.2, 0) is 21.2 Å². The number of nitrogens with zero attached hydrogens (tertiary/aromatic N) is 2. The smallest absolute Gasteiger partial charge is 0.305 e. The standard InChI is InChI=1S/C13H18N2O5S/c1-2-14-5-3-4-11(14)13(18)15-6-7-21(19,20)9-10(15)8-12(16)17/h3-5,10H,2,6-9H2,1H3,(H,16,17). The Morgan fingerprint density at radius 2 is 2.14 bits per heavy atom. The van der Waals surface area contributed by atoms with Gasteiger partial charge in [-0.1, -0.05) is 0 Å². The summed E-state index contributed by atoms with van der Waals surface area (Å²) in [6.07, 6.45) is 1.40. The SMILES string of the molecule is CCn1cccc1C(=O)N1CCS(=O)(=O)CC1CC(=O)O. The number of rotatable bonds is 4. The van der Waals surface area contributed by atoms with Crippen molar-refractivity contribution in [1.29, 1.82) is 0 Å². The normalized spacial score (nSPS) is 21.2. The number of aliphatic carboxylic acids is 1. The number of sulfone groups is 1. The first kappa shape index (κ1) is 15.6. The third-order valence-electron chi connectivity index (χ3n) is 3.59. The van der Waals surface area contributed by atoms with Gasteiger partial charge in [0.2, 0.25) is 0 Å². The molecule has 1 amide bonds. The lowest BCUT2D eigenvalue weighted by Crippen LogP contribution is -2.52. The van der Waals surface area contributed by atoms with E-state index in [9.17, 15) is 18.0 Å². The zero-order valence-electron chi connectivity index (χ0n) is 11.7. The second kappa shape index (κ2) is 5.88. The minimum atomic E-state index is -3.29. The summed E-state index contributed by atoms with van der Waals surface area (Å²) in [7, 11) is -3.29. The summed E-state index contributed by atoms with van der Waals surface area (Å²) in [4.78, 5) is 24.9. The lowest BCUT2D eigenvalue weighted by molar-refractivity contribution is -0.138. The highest BCUT2D eigenvalue weighted by molar-refractivity contribution is 7.91. The van der Waals surface area contributed by atoms with Crippen LogP contribution < -0.4 is 0 Å². The van der Waals surface area contributed by atoms with Gasteiger partial charge in [0, 0.05) is 19.3 Å². The summed E-state index contributed by atoms with van der Waals surface area (Å²) < 4.78 is 25.1. The Morgan fingerprint density at radius 1 is 1.43 bits per heavy atom. The molecule has 2 heterocycles. The van der Waals surface area contributed by atoms with Crippen molar-refractivity contribution in [2.24, 2.45) is 0 Å². The molecule has 1 unspecified atom stereocenters. The molecule has 1 N–H and O–H groups in total. The summed E-state index contributed by atoms with van der Waals surface area (Å²) in [6.45, 7) is 2.55. The maximum absolute atomic E-state index is 12.6. The zero-order valence-corrected chi connectivity index (χ0v) is 12.5. The van der Waals surface area contributed by atoms with Gasteiger partial charge in [-0.3, -0.25) is 9.59 Å². The van der Waals surface area contributed by atoms with Crippen LogP contribution in [0.4, 0.5) is 0 Å². The number of carboxylic acids is 1. The fourth-order valence-electron chi connectivity index (χ4n) is 2.56. The average molecular weight is 314 g/mol. The molecule has 1 atom stereocenters. The fourth-order valence-corrected chi connectivity index (χ4v) is 4.08. The Kier molecular flexibility index (Phi) is 4.36. The Morgan fingerprint density at radius 3 is 2.76 bits per heavy atom. The third-order valence-corrected chi connectivity index (χ3v) is 5.29. The van der Waals surface area contributed by atoms with Crippen LogP contribution in [0.5, 0.6) is 0 Å². The predicted octanol–water partition coefficient (Wildman–Crippen LogP) is 0.222. The lowest BCUT2D eigenvalue weighted by atomic mass is 10.2. The molecule has 1 aromatic rings. The van der Waals surface area contributed by atoms with Gasteiger partial charge < -0.3 is 14.6 Å². The van der Waals surface area contributed by atoms with Gasteiger partial charge in [0.05, 0.1) is 24.0 Å². The van der Waals surface area contributed by atoms with Gasteiger partial charge in [-0.25, -0.2) is 8.42 Å². The van der Waals surface area contributed by atoms with E-state index in [1.54, 1.807) is 22.9 Å². The minimum Gasteiger partial charge on any atom is -0.481 e. The first-order chi connectivity index (χ1) is 9.84. The van der Waals surface area contributed by atoms with E-state index in [4.69, 9.17) is 5.11 Å². The topological polar surface area (TPSA) is 96.7 Å². The Labute approximate surface area is 123 Å². The van der Waals surface area contributed by atoms with E-state index in [0.717, 1.165) is 0 Å². The first-order valence-electron chi connectivity index (χ1n) is 6.72. The largest absolute Gasteiger partial charge is 0.481 e. The molecule has 0 aliphatic carbocycles. The maximum Gasteiger partial charge on any atom is 0.305 e. The number of amides is 1. The van der Waals surface area contributed by atoms with E-state index in [1.807, 2.05) is 6.92 Å². The van der Waals surface area contributed by atoms with Crippen molar-refractivity contribution in [3.8, 4) is 0 Å². The number of hydrogen-bond acceptors (Lipinski definition) is 4. The molecule has 0 saturated carbocycles. The number of aryl methyl sites for hydroxylation is 1. The van der Waals surface area contributed by atoms with Crippen molar-refractivity contribution < 1.29 is 23.1 Å². The maximum atomic E-state index is 12.6. The zero-order chi connectivity index (χ0) is 15.6. The molecule has 0 spiro atoms. The predicted molar refractivity (Wildman–Crippen MR) is 75.8 cm³/mol. The van der Waals surface area contributed by atoms with E-state index in [0.29, 0.717) is 12.2 Å². The molecular weight excluding hydrogens is 296 g/mol. The highest BCUT2D eigenvalue weighted by Crippen LogP contribution is 2.18. The van der Waals surface area contributed by atoms with Crippen LogP contribution in [0.2, 0.25) is 0 Å². The second-order valence-electron chi connectivity index (χ2n) is 5.04. The quantitative estimate of drug-likeness (QED) is 0.857. The number of hydrogen-bond donors (Lipinski definition) is 1. The fraction of sp³-hybridized carbons (Fsp3) is 0.538. The van der Waals surface area contributed by atoms with Crippen molar-refractivity contribution >= 4 is 21.7 Å². The van der Waals surface area contributed by atoms with Crippen LogP contribution in [0.25, 0.3) is 0 Å². The van der Waals surface area contributed by atoms with E-state index >= 15 is 0 Å². The molecule has 1 fully saturated rings. The van der Waals surface area contributed by atoms with Crippen molar-refractivity contribution in [1.82, 2.24) is 9.47 Å². The molecule has 7 nitrogen and oxygen atoms in total. The van der Waals surface area contributed by atoms with E-state index < -0.39 is 21.8 Å². The second-order valence-corrected chi connectivity index (χ2v) is 7.27. The number of carbonyl (C=O) groups is 2. The molecule has 1 aromatic heterocycles. The number of carboxylic acid groups (broad SMARTS) is 1. The monoisotopic (exact) mass is 314 g/mol. The minimum absolute atomic E-state index is 0.0357. The van der Waals surface area contributed by atoms with E-state index in [-0.39, 0.29) is 30.4 Å². The molecule has 8 heteroatoms. The molecule has 1 aliphatic heterocycles. The van der Waals surface area contributed by atoms with E-state index in [1.165, 1.54) is 4.90 Å². The van der Waals surface area contributed by atoms with Crippen LogP contribution in [-0.4, -0.2) is 59.0 Å². The molecule has 21 heavy (non-hydrogen) atoms. The molecule has 0 aromatic carbocycles. The number of aromatic nitrogens is 1. The van der Waals surface area contributed by atoms with Crippen LogP contribution in [0.15, 0.2) is 18.3 Å². The summed E-state index contributed by atoms with van der Waals surface area (Å²) in [5, 5.41) is 8.93. The van der Waals surface area contributed by atoms with Crippen molar-refractivity contribution in [2.45, 2.75) is 25.9 Å². The molecule has 0 bridgehead atoms. The van der Waals surface area contributed by atoms with Gasteiger partial charge in [0.15, 0.2) is 9.84 Å². The van der Waals surface area contributed by atoms with Gasteiger partial charge in [0.25, 0.3) is 5.91 Å². The highest BCUT2D eigenvalue weighted by atomic mass is 32.2. The first-order valence-corrected chi connectivity index (χ1v) is 8.54. The van der Waals surface area contributed by atoms with Gasteiger partial charge in [0.1, 0.15) is 5.69 Å². The molecular formula is C13H18N2O5S. The lowest BCUT2D eigenvalue weighted by Gasteiger charge is -2.34. The van der Waals surface area contributed by atoms with Crippen molar-refractivity contribution in [3.63, 3.8) is 0 Å². The van der Waals surface area contributed by atoms with E-state index in [2.05, 4.69) is 0 Å². The molecule has 2 rings (SSSR count). The van der Waals surface area contributed by atoms with Crippen LogP contribution in [0.1, 0.15) is 23.8 Å². The Hall–Kier alpha value is -1.83. The molecule has 1 saturated heterocycles. The summed E-state index contributed by atoms with van der Waals surface area (Å²) in [5.74, 6) is -1.84. The Bertz CT molecular complexity index is 649. The third kappa shape index (κ3) is 3.44.